The lowest BCUT2D eigenvalue weighted by molar-refractivity contribution is -0.245. The number of aromatic nitrogens is 3. The fourth-order valence-electron chi connectivity index (χ4n) is 4.68. The Balaban J connectivity index is 1.34. The molecule has 10 heteroatoms. The van der Waals surface area contributed by atoms with E-state index >= 15 is 0 Å². The summed E-state index contributed by atoms with van der Waals surface area (Å²) in [6.45, 7) is 4.06. The van der Waals surface area contributed by atoms with Gasteiger partial charge in [0.05, 0.1) is 18.8 Å². The van der Waals surface area contributed by atoms with Crippen LogP contribution in [0.5, 0.6) is 0 Å². The first-order chi connectivity index (χ1) is 20.5. The zero-order valence-electron chi connectivity index (χ0n) is 23.4. The van der Waals surface area contributed by atoms with E-state index in [4.69, 9.17) is 14.2 Å². The molecule has 9 nitrogen and oxygen atoms in total. The van der Waals surface area contributed by atoms with Crippen LogP contribution < -0.4 is 5.32 Å². The number of carbonyl (C=O) groups is 1. The van der Waals surface area contributed by atoms with Gasteiger partial charge in [-0.1, -0.05) is 85.1 Å². The van der Waals surface area contributed by atoms with Crippen LogP contribution in [0.25, 0.3) is 11.1 Å². The van der Waals surface area contributed by atoms with E-state index in [2.05, 4.69) is 28.2 Å². The van der Waals surface area contributed by atoms with E-state index in [-0.39, 0.29) is 25.4 Å². The summed E-state index contributed by atoms with van der Waals surface area (Å²) in [5, 5.41) is 21.2. The number of amides is 1. The Kier molecular flexibility index (Phi) is 10.0. The minimum absolute atomic E-state index is 0.00203. The molecule has 3 unspecified atom stereocenters. The van der Waals surface area contributed by atoms with Crippen molar-refractivity contribution in [3.05, 3.63) is 114 Å². The molecule has 42 heavy (non-hydrogen) atoms. The highest BCUT2D eigenvalue weighted by Gasteiger charge is 2.32. The highest BCUT2D eigenvalue weighted by atomic mass is 32.2. The first-order valence-electron chi connectivity index (χ1n) is 13.7. The second-order valence-electron chi connectivity index (χ2n) is 9.95. The van der Waals surface area contributed by atoms with Gasteiger partial charge in [-0.15, -0.1) is 10.2 Å². The van der Waals surface area contributed by atoms with Gasteiger partial charge in [-0.2, -0.15) is 0 Å². The van der Waals surface area contributed by atoms with Crippen molar-refractivity contribution in [2.45, 2.75) is 43.2 Å². The molecule has 218 valence electrons. The van der Waals surface area contributed by atoms with Crippen LogP contribution in [0.1, 0.15) is 41.1 Å². The van der Waals surface area contributed by atoms with Crippen molar-refractivity contribution in [3.63, 3.8) is 0 Å². The molecule has 2 N–H and O–H groups in total. The number of thioether (sulfide) groups is 1. The molecule has 0 aliphatic carbocycles. The molecule has 4 aromatic rings. The van der Waals surface area contributed by atoms with Gasteiger partial charge in [0.25, 0.3) is 0 Å². The van der Waals surface area contributed by atoms with Gasteiger partial charge in [0.2, 0.25) is 0 Å². The number of nitrogens with one attached hydrogen (secondary N) is 1. The molecule has 1 saturated heterocycles. The molecule has 1 aliphatic rings. The number of aliphatic hydroxyl groups excluding tert-OH is 1. The van der Waals surface area contributed by atoms with Crippen LogP contribution in [-0.4, -0.2) is 44.4 Å². The normalized spacial score (nSPS) is 18.4. The van der Waals surface area contributed by atoms with Crippen LogP contribution in [0, 0.1) is 0 Å². The molecule has 0 bridgehead atoms. The Morgan fingerprint density at radius 1 is 1.10 bits per heavy atom. The van der Waals surface area contributed by atoms with Crippen molar-refractivity contribution in [1.29, 1.82) is 0 Å². The van der Waals surface area contributed by atoms with Crippen molar-refractivity contribution in [3.8, 4) is 11.1 Å². The first kappa shape index (κ1) is 29.5. The second kappa shape index (κ2) is 14.3. The number of ether oxygens (including phenoxy) is 3. The van der Waals surface area contributed by atoms with E-state index in [1.54, 1.807) is 18.1 Å². The summed E-state index contributed by atoms with van der Waals surface area (Å²) in [6, 6.07) is 24.0. The van der Waals surface area contributed by atoms with Crippen LogP contribution in [0.15, 0.2) is 96.9 Å². The third kappa shape index (κ3) is 7.65. The predicted molar refractivity (Wildman–Crippen MR) is 160 cm³/mol. The van der Waals surface area contributed by atoms with Gasteiger partial charge >= 0.3 is 6.09 Å². The van der Waals surface area contributed by atoms with Gasteiger partial charge in [-0.05, 0) is 39.9 Å². The van der Waals surface area contributed by atoms with Crippen molar-refractivity contribution in [2.75, 3.05) is 12.4 Å². The first-order valence-corrected chi connectivity index (χ1v) is 14.7. The number of nitrogens with zero attached hydrogens (tertiary/aromatic N) is 3. The molecule has 0 spiro atoms. The molecule has 1 aliphatic heterocycles. The maximum atomic E-state index is 11.8. The lowest BCUT2D eigenvalue weighted by Gasteiger charge is -2.36. The molecule has 5 rings (SSSR count). The SMILES string of the molecule is C=CCOC(=O)NCc1cccc(-c2cccc(C3OC(CSc4nncn4C)CC(c4ccc(CO)cc4)O3)c2)c1. The fraction of sp³-hybridized carbons (Fsp3) is 0.281. The van der Waals surface area contributed by atoms with Gasteiger partial charge < -0.3 is 29.2 Å². The van der Waals surface area contributed by atoms with Crippen molar-refractivity contribution < 1.29 is 24.1 Å². The monoisotopic (exact) mass is 586 g/mol. The van der Waals surface area contributed by atoms with Gasteiger partial charge in [-0.3, -0.25) is 0 Å². The molecule has 2 heterocycles. The minimum atomic E-state index is -0.573. The van der Waals surface area contributed by atoms with Crippen LogP contribution in [0.3, 0.4) is 0 Å². The number of alkyl carbamates (subject to hydrolysis) is 1. The van der Waals surface area contributed by atoms with E-state index in [9.17, 15) is 9.90 Å². The van der Waals surface area contributed by atoms with E-state index in [0.717, 1.165) is 38.5 Å². The molecule has 1 fully saturated rings. The quantitative estimate of drug-likeness (QED) is 0.170. The largest absolute Gasteiger partial charge is 0.445 e. The summed E-state index contributed by atoms with van der Waals surface area (Å²) >= 11 is 1.61. The third-order valence-corrected chi connectivity index (χ3v) is 8.04. The topological polar surface area (TPSA) is 108 Å². The van der Waals surface area contributed by atoms with Crippen LogP contribution in [0.2, 0.25) is 0 Å². The zero-order valence-corrected chi connectivity index (χ0v) is 24.2. The van der Waals surface area contributed by atoms with Crippen LogP contribution in [-0.2, 0) is 34.4 Å². The molecule has 3 aromatic carbocycles. The van der Waals surface area contributed by atoms with E-state index in [1.807, 2.05) is 78.3 Å². The van der Waals surface area contributed by atoms with Crippen molar-refractivity contribution >= 4 is 17.9 Å². The predicted octanol–water partition coefficient (Wildman–Crippen LogP) is 5.72. The van der Waals surface area contributed by atoms with Gasteiger partial charge in [0.15, 0.2) is 11.4 Å². The maximum Gasteiger partial charge on any atom is 0.407 e. The Labute approximate surface area is 249 Å². The minimum Gasteiger partial charge on any atom is -0.445 e. The summed E-state index contributed by atoms with van der Waals surface area (Å²) in [6.07, 6.45) is 2.57. The molecule has 3 atom stereocenters. The summed E-state index contributed by atoms with van der Waals surface area (Å²) in [5.41, 5.74) is 5.78. The summed E-state index contributed by atoms with van der Waals surface area (Å²) in [5.74, 6) is 0.696. The average Bonchev–Trinajstić information content (AvgIpc) is 3.46. The Morgan fingerprint density at radius 3 is 2.62 bits per heavy atom. The van der Waals surface area contributed by atoms with Crippen LogP contribution in [0.4, 0.5) is 4.79 Å². The standard InChI is InChI=1S/C32H34N4O5S/c1-3-14-39-32(38)33-18-23-6-4-7-25(15-23)26-8-5-9-27(16-26)30-40-28(20-42-31-35-34-21-36(31)2)17-29(41-30)24-12-10-22(19-37)11-13-24/h3-13,15-16,21,28-30,37H,1,14,17-20H2,2H3,(H,33,38). The molecular formula is C32H34N4O5S. The number of carbonyl (C=O) groups excluding carboxylic acids is 1. The average molecular weight is 587 g/mol. The number of benzene rings is 3. The Morgan fingerprint density at radius 2 is 1.88 bits per heavy atom. The number of aliphatic hydroxyl groups is 1. The zero-order chi connectivity index (χ0) is 29.3. The molecule has 0 radical (unpaired) electrons. The van der Waals surface area contributed by atoms with E-state index in [1.165, 1.54) is 6.08 Å². The molecule has 1 amide bonds. The number of hydrogen-bond acceptors (Lipinski definition) is 8. The van der Waals surface area contributed by atoms with Crippen LogP contribution >= 0.6 is 11.8 Å². The lowest BCUT2D eigenvalue weighted by Crippen LogP contribution is -2.31. The molecule has 0 saturated carbocycles. The van der Waals surface area contributed by atoms with Crippen molar-refractivity contribution in [1.82, 2.24) is 20.1 Å². The molecular weight excluding hydrogens is 552 g/mol. The van der Waals surface area contributed by atoms with Gasteiger partial charge in [0.1, 0.15) is 12.9 Å². The lowest BCUT2D eigenvalue weighted by atomic mass is 9.99. The molecule has 1 aromatic heterocycles. The summed E-state index contributed by atoms with van der Waals surface area (Å²) in [7, 11) is 1.92. The Hall–Kier alpha value is -3.96. The third-order valence-electron chi connectivity index (χ3n) is 6.87. The fourth-order valence-corrected chi connectivity index (χ4v) is 5.58. The number of rotatable bonds is 11. The van der Waals surface area contributed by atoms with Gasteiger partial charge in [0, 0.05) is 31.3 Å². The maximum absolute atomic E-state index is 11.8. The number of aryl methyl sites for hydroxylation is 1. The van der Waals surface area contributed by atoms with Gasteiger partial charge in [-0.25, -0.2) is 4.79 Å². The second-order valence-corrected chi connectivity index (χ2v) is 10.9. The smallest absolute Gasteiger partial charge is 0.407 e. The number of hydrogen-bond donors (Lipinski definition) is 2. The summed E-state index contributed by atoms with van der Waals surface area (Å²) < 4.78 is 19.9. The Bertz CT molecular complexity index is 1490. The van der Waals surface area contributed by atoms with E-state index < -0.39 is 12.4 Å². The summed E-state index contributed by atoms with van der Waals surface area (Å²) in [4.78, 5) is 11.8. The van der Waals surface area contributed by atoms with E-state index in [0.29, 0.717) is 18.7 Å². The van der Waals surface area contributed by atoms with Crippen molar-refractivity contribution in [2.24, 2.45) is 7.05 Å². The highest BCUT2D eigenvalue weighted by molar-refractivity contribution is 7.99. The highest BCUT2D eigenvalue weighted by Crippen LogP contribution is 2.40.